The van der Waals surface area contributed by atoms with E-state index in [2.05, 4.69) is 49.4 Å². The van der Waals surface area contributed by atoms with Crippen molar-refractivity contribution in [1.82, 2.24) is 44.9 Å². The van der Waals surface area contributed by atoms with Crippen LogP contribution in [0, 0.1) is 16.7 Å². The number of amides is 1. The fourth-order valence-corrected chi connectivity index (χ4v) is 7.95. The van der Waals surface area contributed by atoms with Gasteiger partial charge in [0.15, 0.2) is 0 Å². The highest BCUT2D eigenvalue weighted by molar-refractivity contribution is 5.84. The van der Waals surface area contributed by atoms with Crippen LogP contribution in [-0.4, -0.2) is 103 Å². The number of hydrogen-bond acceptors (Lipinski definition) is 10. The first-order valence-corrected chi connectivity index (χ1v) is 18.2. The lowest BCUT2D eigenvalue weighted by Gasteiger charge is -2.41. The van der Waals surface area contributed by atoms with Gasteiger partial charge in [0.25, 0.3) is 0 Å². The van der Waals surface area contributed by atoms with E-state index in [9.17, 15) is 15.2 Å². The first kappa shape index (κ1) is 34.1. The summed E-state index contributed by atoms with van der Waals surface area (Å²) in [5.41, 5.74) is 3.20. The van der Waals surface area contributed by atoms with Gasteiger partial charge in [-0.2, -0.15) is 15.5 Å². The minimum atomic E-state index is -0.589. The average Bonchev–Trinajstić information content (AvgIpc) is 3.80. The van der Waals surface area contributed by atoms with Crippen LogP contribution in [0.3, 0.4) is 0 Å². The van der Waals surface area contributed by atoms with Crippen molar-refractivity contribution in [3.63, 3.8) is 0 Å². The molecule has 1 amide bonds. The van der Waals surface area contributed by atoms with Crippen molar-refractivity contribution in [2.24, 2.45) is 5.41 Å². The highest BCUT2D eigenvalue weighted by Gasteiger charge is 2.40. The molecule has 0 bridgehead atoms. The second-order valence-corrected chi connectivity index (χ2v) is 14.8. The van der Waals surface area contributed by atoms with E-state index in [4.69, 9.17) is 15.1 Å². The zero-order valence-electron chi connectivity index (χ0n) is 29.5. The van der Waals surface area contributed by atoms with Crippen LogP contribution in [0.2, 0.25) is 0 Å². The number of nitriles is 1. The number of rotatable bonds is 9. The lowest BCUT2D eigenvalue weighted by atomic mass is 9.75. The number of piperidine rings is 3. The molecule has 3 aliphatic heterocycles. The third-order valence-electron chi connectivity index (χ3n) is 11.1. The van der Waals surface area contributed by atoms with Crippen LogP contribution in [-0.2, 0) is 4.79 Å². The lowest BCUT2D eigenvalue weighted by Crippen LogP contribution is -2.51. The third-order valence-corrected chi connectivity index (χ3v) is 11.1. The summed E-state index contributed by atoms with van der Waals surface area (Å²) in [4.78, 5) is 27.6. The molecular weight excluding hydrogens is 630 g/mol. The molecule has 3 aliphatic rings. The number of pyridine rings is 1. The Morgan fingerprint density at radius 1 is 1.04 bits per heavy atom. The lowest BCUT2D eigenvalue weighted by molar-refractivity contribution is -0.133. The smallest absolute Gasteiger partial charge is 0.226 e. The van der Waals surface area contributed by atoms with Crippen molar-refractivity contribution >= 4 is 17.2 Å². The van der Waals surface area contributed by atoms with Gasteiger partial charge < -0.3 is 25.5 Å². The van der Waals surface area contributed by atoms with E-state index < -0.39 is 5.60 Å². The number of fused-ring (bicyclic) bond motifs is 1. The average molecular weight is 680 g/mol. The molecule has 264 valence electrons. The van der Waals surface area contributed by atoms with Crippen LogP contribution in [0.4, 0.5) is 5.82 Å². The van der Waals surface area contributed by atoms with E-state index in [1.54, 1.807) is 10.7 Å². The topological polar surface area (TPSA) is 153 Å². The van der Waals surface area contributed by atoms with Crippen molar-refractivity contribution < 1.29 is 9.90 Å². The van der Waals surface area contributed by atoms with Crippen LogP contribution in [0.25, 0.3) is 28.0 Å². The molecule has 50 heavy (non-hydrogen) atoms. The number of nitrogens with one attached hydrogen (secondary N) is 2. The number of hydrogen-bond donors (Lipinski definition) is 3. The van der Waals surface area contributed by atoms with E-state index >= 15 is 0 Å². The molecule has 7 rings (SSSR count). The monoisotopic (exact) mass is 679 g/mol. The van der Waals surface area contributed by atoms with Gasteiger partial charge in [-0.05, 0) is 84.0 Å². The molecule has 3 saturated heterocycles. The maximum Gasteiger partial charge on any atom is 0.226 e. The van der Waals surface area contributed by atoms with Crippen molar-refractivity contribution in [1.29, 1.82) is 5.26 Å². The van der Waals surface area contributed by atoms with Gasteiger partial charge in [-0.25, -0.2) is 14.5 Å². The molecule has 3 N–H and O–H groups in total. The Morgan fingerprint density at radius 2 is 1.80 bits per heavy atom. The zero-order chi connectivity index (χ0) is 34.9. The maximum absolute atomic E-state index is 13.0. The number of anilines is 1. The molecule has 13 nitrogen and oxygen atoms in total. The van der Waals surface area contributed by atoms with Crippen LogP contribution >= 0.6 is 0 Å². The first-order chi connectivity index (χ1) is 24.2. The minimum Gasteiger partial charge on any atom is -0.388 e. The van der Waals surface area contributed by atoms with Crippen LogP contribution in [0.5, 0.6) is 0 Å². The molecule has 0 atom stereocenters. The molecule has 0 spiro atoms. The van der Waals surface area contributed by atoms with Crippen molar-refractivity contribution in [3.05, 3.63) is 48.7 Å². The zero-order valence-corrected chi connectivity index (χ0v) is 29.5. The molecule has 13 heteroatoms. The summed E-state index contributed by atoms with van der Waals surface area (Å²) in [6.07, 6.45) is 15.1. The van der Waals surface area contributed by atoms with Crippen LogP contribution < -0.4 is 15.5 Å². The van der Waals surface area contributed by atoms with Gasteiger partial charge in [0.2, 0.25) is 5.91 Å². The van der Waals surface area contributed by atoms with E-state index in [1.807, 2.05) is 44.6 Å². The van der Waals surface area contributed by atoms with Gasteiger partial charge in [-0.3, -0.25) is 9.48 Å². The summed E-state index contributed by atoms with van der Waals surface area (Å²) in [5, 5.41) is 36.7. The van der Waals surface area contributed by atoms with E-state index in [1.165, 1.54) is 0 Å². The summed E-state index contributed by atoms with van der Waals surface area (Å²) in [6, 6.07) is 6.68. The van der Waals surface area contributed by atoms with Crippen molar-refractivity contribution in [2.75, 3.05) is 50.7 Å². The summed E-state index contributed by atoms with van der Waals surface area (Å²) in [6.45, 7) is 12.0. The quantitative estimate of drug-likeness (QED) is 0.238. The van der Waals surface area contributed by atoms with E-state index in [0.29, 0.717) is 22.5 Å². The summed E-state index contributed by atoms with van der Waals surface area (Å²) in [5.74, 6) is 1.02. The second-order valence-electron chi connectivity index (χ2n) is 14.8. The third kappa shape index (κ3) is 6.84. The summed E-state index contributed by atoms with van der Waals surface area (Å²) in [7, 11) is 0. The maximum atomic E-state index is 13.0. The molecular formula is C37H49N11O2. The standard InChI is InChI=1S/C37H49N11O2/c1-4-36(35(49)43-26(2)3)11-17-46(18-12-36)32-6-5-27(20-40-32)33-34-28(19-38)21-42-48(34)24-31(44-33)29-22-41-47(23-29)30-7-15-45(16-8-30)25-37(50)9-13-39-14-10-37/h5-6,20-24,26,30,39,50H,4,7-18,25H2,1-3H3,(H,43,49). The Balaban J connectivity index is 1.07. The fourth-order valence-electron chi connectivity index (χ4n) is 7.95. The predicted octanol–water partition coefficient (Wildman–Crippen LogP) is 3.80. The Labute approximate surface area is 293 Å². The number of nitrogens with zero attached hydrogens (tertiary/aromatic N) is 9. The van der Waals surface area contributed by atoms with E-state index in [0.717, 1.165) is 108 Å². The number of carbonyl (C=O) groups excluding carboxylic acids is 1. The van der Waals surface area contributed by atoms with Gasteiger partial charge in [-0.15, -0.1) is 0 Å². The first-order valence-electron chi connectivity index (χ1n) is 18.2. The highest BCUT2D eigenvalue weighted by Crippen LogP contribution is 2.37. The molecule has 0 aliphatic carbocycles. The molecule has 3 fully saturated rings. The molecule has 0 aromatic carbocycles. The Bertz CT molecular complexity index is 1830. The SMILES string of the molecule is CCC1(C(=O)NC(C)C)CCN(c2ccc(-c3nc(-c4cnn(C5CCN(CC6(O)CCNCC6)CC5)c4)cn4ncc(C#N)c34)cn2)CC1. The molecule has 4 aromatic heterocycles. The molecule has 0 unspecified atom stereocenters. The normalized spacial score (nSPS) is 19.9. The molecule has 7 heterocycles. The van der Waals surface area contributed by atoms with E-state index in [-0.39, 0.29) is 23.4 Å². The van der Waals surface area contributed by atoms with Gasteiger partial charge in [0.1, 0.15) is 23.0 Å². The second kappa shape index (κ2) is 14.1. The van der Waals surface area contributed by atoms with Crippen LogP contribution in [0.1, 0.15) is 77.3 Å². The molecule has 0 radical (unpaired) electrons. The molecule has 0 saturated carbocycles. The summed E-state index contributed by atoms with van der Waals surface area (Å²) >= 11 is 0. The van der Waals surface area contributed by atoms with Gasteiger partial charge in [0.05, 0.1) is 47.0 Å². The number of aromatic nitrogens is 6. The Kier molecular flexibility index (Phi) is 9.61. The number of carbonyl (C=O) groups is 1. The molecule has 4 aromatic rings. The highest BCUT2D eigenvalue weighted by atomic mass is 16.3. The van der Waals surface area contributed by atoms with Crippen molar-refractivity contribution in [3.8, 4) is 28.6 Å². The number of aliphatic hydroxyl groups is 1. The number of likely N-dealkylation sites (tertiary alicyclic amines) is 1. The van der Waals surface area contributed by atoms with Gasteiger partial charge in [0, 0.05) is 62.3 Å². The largest absolute Gasteiger partial charge is 0.388 e. The fraction of sp³-hybridized carbons (Fsp3) is 0.568. The van der Waals surface area contributed by atoms with Crippen molar-refractivity contribution in [2.45, 2.75) is 83.4 Å². The predicted molar refractivity (Wildman–Crippen MR) is 191 cm³/mol. The van der Waals surface area contributed by atoms with Gasteiger partial charge in [-0.1, -0.05) is 6.92 Å². The van der Waals surface area contributed by atoms with Gasteiger partial charge >= 0.3 is 0 Å². The summed E-state index contributed by atoms with van der Waals surface area (Å²) < 4.78 is 3.78. The minimum absolute atomic E-state index is 0.124. The Hall–Kier alpha value is -4.38. The van der Waals surface area contributed by atoms with Crippen LogP contribution in [0.15, 0.2) is 43.1 Å². The number of β-amino-alcohol motifs (C(OH)–C–C–N with tert-alkyl or cyclic N) is 1. The Morgan fingerprint density at radius 3 is 2.46 bits per heavy atom.